The first-order valence-electron chi connectivity index (χ1n) is 11.7. The summed E-state index contributed by atoms with van der Waals surface area (Å²) in [6.07, 6.45) is 6.06. The molecule has 5 rings (SSSR count). The molecule has 0 radical (unpaired) electrons. The summed E-state index contributed by atoms with van der Waals surface area (Å²) >= 11 is 1.46. The van der Waals surface area contributed by atoms with Gasteiger partial charge >= 0.3 is 0 Å². The Morgan fingerprint density at radius 3 is 2.48 bits per heavy atom. The van der Waals surface area contributed by atoms with Gasteiger partial charge < -0.3 is 5.32 Å². The number of para-hydroxylation sites is 1. The van der Waals surface area contributed by atoms with Crippen molar-refractivity contribution in [3.05, 3.63) is 78.6 Å². The molecule has 6 heteroatoms. The molecule has 5 nitrogen and oxygen atoms in total. The van der Waals surface area contributed by atoms with E-state index in [1.165, 1.54) is 31.0 Å². The quantitative estimate of drug-likeness (QED) is 0.333. The minimum atomic E-state index is -0.324. The van der Waals surface area contributed by atoms with Gasteiger partial charge in [0.25, 0.3) is 0 Å². The highest BCUT2D eigenvalue weighted by Gasteiger charge is 2.26. The summed E-state index contributed by atoms with van der Waals surface area (Å²) in [5.74, 6) is 1.39. The lowest BCUT2D eigenvalue weighted by molar-refractivity contribution is -0.115. The number of aromatic nitrogens is 3. The Labute approximate surface area is 198 Å². The van der Waals surface area contributed by atoms with E-state index in [-0.39, 0.29) is 11.2 Å². The number of fused-ring (bicyclic) bond motifs is 1. The molecule has 0 unspecified atom stereocenters. The Bertz CT molecular complexity index is 1240. The third kappa shape index (κ3) is 4.67. The molecule has 1 aromatic heterocycles. The monoisotopic (exact) mass is 456 g/mol. The van der Waals surface area contributed by atoms with Crippen LogP contribution < -0.4 is 5.32 Å². The maximum Gasteiger partial charge on any atom is 0.237 e. The van der Waals surface area contributed by atoms with Crippen LogP contribution >= 0.6 is 11.8 Å². The van der Waals surface area contributed by atoms with Gasteiger partial charge in [-0.1, -0.05) is 85.6 Å². The van der Waals surface area contributed by atoms with E-state index in [4.69, 9.17) is 0 Å². The van der Waals surface area contributed by atoms with E-state index in [0.717, 1.165) is 46.0 Å². The van der Waals surface area contributed by atoms with Crippen molar-refractivity contribution in [1.82, 2.24) is 14.8 Å². The summed E-state index contributed by atoms with van der Waals surface area (Å²) < 4.78 is 2.16. The molecule has 33 heavy (non-hydrogen) atoms. The van der Waals surface area contributed by atoms with E-state index < -0.39 is 0 Å². The highest BCUT2D eigenvalue weighted by Crippen LogP contribution is 2.36. The first-order valence-corrected chi connectivity index (χ1v) is 12.5. The largest absolute Gasteiger partial charge is 0.325 e. The lowest BCUT2D eigenvalue weighted by Gasteiger charge is -2.22. The Hall–Kier alpha value is -3.12. The molecule has 1 N–H and O–H groups in total. The van der Waals surface area contributed by atoms with Gasteiger partial charge in [-0.25, -0.2) is 0 Å². The van der Waals surface area contributed by atoms with Crippen LogP contribution in [-0.4, -0.2) is 25.9 Å². The van der Waals surface area contributed by atoms with Crippen LogP contribution in [0, 0.1) is 0 Å². The van der Waals surface area contributed by atoms with E-state index in [1.807, 2.05) is 55.5 Å². The summed E-state index contributed by atoms with van der Waals surface area (Å²) in [4.78, 5) is 13.1. The van der Waals surface area contributed by atoms with Crippen molar-refractivity contribution in [3.63, 3.8) is 0 Å². The maximum absolute atomic E-state index is 13.1. The van der Waals surface area contributed by atoms with Crippen LogP contribution in [0.3, 0.4) is 0 Å². The molecule has 0 bridgehead atoms. The number of nitrogens with zero attached hydrogens (tertiary/aromatic N) is 3. The average molecular weight is 457 g/mol. The number of amides is 1. The molecule has 1 aliphatic carbocycles. The fourth-order valence-electron chi connectivity index (χ4n) is 4.58. The summed E-state index contributed by atoms with van der Waals surface area (Å²) in [5, 5.41) is 14.9. The van der Waals surface area contributed by atoms with E-state index in [2.05, 4.69) is 44.3 Å². The van der Waals surface area contributed by atoms with Gasteiger partial charge in [-0.3, -0.25) is 9.36 Å². The predicted octanol–water partition coefficient (Wildman–Crippen LogP) is 6.59. The van der Waals surface area contributed by atoms with Gasteiger partial charge in [-0.05, 0) is 43.4 Å². The lowest BCUT2D eigenvalue weighted by Crippen LogP contribution is -2.23. The number of hydrogen-bond acceptors (Lipinski definition) is 4. The Balaban J connectivity index is 1.40. The van der Waals surface area contributed by atoms with Gasteiger partial charge in [-0.15, -0.1) is 10.2 Å². The third-order valence-electron chi connectivity index (χ3n) is 6.34. The number of nitrogens with one attached hydrogen (secondary N) is 1. The number of carbonyl (C=O) groups excluding carboxylic acids is 1. The zero-order valence-electron chi connectivity index (χ0n) is 18.8. The minimum Gasteiger partial charge on any atom is -0.325 e. The Morgan fingerprint density at radius 1 is 0.939 bits per heavy atom. The predicted molar refractivity (Wildman–Crippen MR) is 135 cm³/mol. The molecule has 0 spiro atoms. The number of hydrogen-bond donors (Lipinski definition) is 1. The minimum absolute atomic E-state index is 0.0434. The van der Waals surface area contributed by atoms with Crippen LogP contribution in [0.5, 0.6) is 0 Å². The molecule has 1 amide bonds. The smallest absolute Gasteiger partial charge is 0.237 e. The molecule has 1 aliphatic rings. The zero-order valence-corrected chi connectivity index (χ0v) is 19.6. The highest BCUT2D eigenvalue weighted by atomic mass is 32.2. The van der Waals surface area contributed by atoms with Crippen LogP contribution in [0.2, 0.25) is 0 Å². The van der Waals surface area contributed by atoms with Crippen LogP contribution in [0.4, 0.5) is 5.69 Å². The maximum atomic E-state index is 13.1. The summed E-state index contributed by atoms with van der Waals surface area (Å²) in [6, 6.07) is 24.3. The van der Waals surface area contributed by atoms with Crippen LogP contribution in [0.15, 0.2) is 78.0 Å². The van der Waals surface area contributed by atoms with E-state index in [1.54, 1.807) is 0 Å². The van der Waals surface area contributed by atoms with E-state index in [0.29, 0.717) is 5.92 Å². The topological polar surface area (TPSA) is 59.8 Å². The normalized spacial score (nSPS) is 15.4. The van der Waals surface area contributed by atoms with Crippen molar-refractivity contribution < 1.29 is 4.79 Å². The van der Waals surface area contributed by atoms with Gasteiger partial charge in [0.15, 0.2) is 5.16 Å². The van der Waals surface area contributed by atoms with Crippen LogP contribution in [0.1, 0.15) is 50.8 Å². The van der Waals surface area contributed by atoms with Crippen LogP contribution in [-0.2, 0) is 4.79 Å². The van der Waals surface area contributed by atoms with Crippen molar-refractivity contribution >= 4 is 34.1 Å². The number of carbonyl (C=O) groups is 1. The molecular weight excluding hydrogens is 428 g/mol. The number of rotatable bonds is 6. The second kappa shape index (κ2) is 9.79. The molecule has 168 valence electrons. The average Bonchev–Trinajstić information content (AvgIpc) is 3.28. The highest BCUT2D eigenvalue weighted by molar-refractivity contribution is 8.00. The number of anilines is 1. The Kier molecular flexibility index (Phi) is 6.44. The number of thioether (sulfide) groups is 1. The molecule has 1 heterocycles. The summed E-state index contributed by atoms with van der Waals surface area (Å²) in [5.41, 5.74) is 1.88. The molecular formula is C27H28N4OS. The van der Waals surface area contributed by atoms with E-state index >= 15 is 0 Å². The van der Waals surface area contributed by atoms with Gasteiger partial charge in [0.1, 0.15) is 5.82 Å². The molecule has 1 fully saturated rings. The number of benzene rings is 3. The molecule has 4 aromatic rings. The second-order valence-electron chi connectivity index (χ2n) is 8.62. The van der Waals surface area contributed by atoms with Gasteiger partial charge in [0, 0.05) is 22.7 Å². The molecule has 0 aliphatic heterocycles. The first-order chi connectivity index (χ1) is 16.2. The summed E-state index contributed by atoms with van der Waals surface area (Å²) in [7, 11) is 0. The first kappa shape index (κ1) is 21.7. The van der Waals surface area contributed by atoms with Gasteiger partial charge in [0.2, 0.25) is 5.91 Å². The van der Waals surface area contributed by atoms with Crippen molar-refractivity contribution in [1.29, 1.82) is 0 Å². The lowest BCUT2D eigenvalue weighted by atomic mass is 9.88. The van der Waals surface area contributed by atoms with E-state index in [9.17, 15) is 4.79 Å². The Morgan fingerprint density at radius 2 is 1.67 bits per heavy atom. The fourth-order valence-corrected chi connectivity index (χ4v) is 5.46. The van der Waals surface area contributed by atoms with Gasteiger partial charge in [-0.2, -0.15) is 0 Å². The fraction of sp³-hybridized carbons (Fsp3) is 0.296. The zero-order chi connectivity index (χ0) is 22.6. The molecule has 1 atom stereocenters. The van der Waals surface area contributed by atoms with Gasteiger partial charge in [0.05, 0.1) is 5.25 Å². The second-order valence-corrected chi connectivity index (χ2v) is 9.93. The third-order valence-corrected chi connectivity index (χ3v) is 7.38. The molecule has 3 aromatic carbocycles. The summed E-state index contributed by atoms with van der Waals surface area (Å²) in [6.45, 7) is 1.93. The van der Waals surface area contributed by atoms with Crippen molar-refractivity contribution in [2.45, 2.75) is 55.4 Å². The molecule has 0 saturated heterocycles. The van der Waals surface area contributed by atoms with Crippen molar-refractivity contribution in [2.24, 2.45) is 0 Å². The SMILES string of the molecule is C[C@H](Sc1nnc(C2CCCCC2)n1-c1ccccc1)C(=O)Nc1cccc2ccccc12. The standard InChI is InChI=1S/C27H28N4OS/c1-19(26(32)28-24-18-10-14-20-11-8-9-17-23(20)24)33-27-30-29-25(21-12-4-2-5-13-21)31(27)22-15-6-3-7-16-22/h3,6-11,14-19,21H,2,4-5,12-13H2,1H3,(H,28,32)/t19-/m0/s1. The van der Waals surface area contributed by atoms with Crippen molar-refractivity contribution in [2.75, 3.05) is 5.32 Å². The van der Waals surface area contributed by atoms with Crippen LogP contribution in [0.25, 0.3) is 16.5 Å². The molecule has 1 saturated carbocycles. The van der Waals surface area contributed by atoms with Crippen molar-refractivity contribution in [3.8, 4) is 5.69 Å².